The molecule has 0 aromatic heterocycles. The molecule has 374 valence electrons. The molecule has 0 bridgehead atoms. The number of unbranched alkanes of at least 4 members (excludes halogenated alkanes) is 35. The Morgan fingerprint density at radius 3 is 0.953 bits per heavy atom. The van der Waals surface area contributed by atoms with Crippen molar-refractivity contribution in [2.75, 3.05) is 13.2 Å². The second kappa shape index (κ2) is 53.2. The Morgan fingerprint density at radius 1 is 0.312 bits per heavy atom. The number of hydrogen-bond donors (Lipinski definition) is 0. The van der Waals surface area contributed by atoms with Crippen molar-refractivity contribution >= 4 is 17.9 Å². The van der Waals surface area contributed by atoms with Crippen molar-refractivity contribution < 1.29 is 28.6 Å². The fraction of sp³-hybridized carbons (Fsp3) is 0.845. The molecule has 0 rings (SSSR count). The highest BCUT2D eigenvalue weighted by atomic mass is 16.6. The van der Waals surface area contributed by atoms with Crippen LogP contribution in [-0.2, 0) is 28.6 Å². The smallest absolute Gasteiger partial charge is 0.306 e. The van der Waals surface area contributed by atoms with Gasteiger partial charge in [0.05, 0.1) is 0 Å². The highest BCUT2D eigenvalue weighted by molar-refractivity contribution is 5.71. The van der Waals surface area contributed by atoms with Crippen LogP contribution in [0.25, 0.3) is 0 Å². The van der Waals surface area contributed by atoms with Crippen LogP contribution in [-0.4, -0.2) is 37.2 Å². The van der Waals surface area contributed by atoms with E-state index >= 15 is 0 Å². The summed E-state index contributed by atoms with van der Waals surface area (Å²) in [5, 5.41) is 0. The van der Waals surface area contributed by atoms with Crippen molar-refractivity contribution in [3.8, 4) is 0 Å². The molecule has 1 unspecified atom stereocenters. The standard InChI is InChI=1S/C58H106O6/c1-4-7-10-13-16-19-22-24-26-28-29-30-32-33-36-39-42-45-48-51-57(60)63-54-55(53-62-56(59)50-47-44-41-38-35-21-18-15-12-9-6-3)64-58(61)52-49-46-43-40-37-34-31-27-25-23-20-17-14-11-8-5-2/h15-16,18-19,22,24,55H,4-14,17,20-21,23,25-54H2,1-3H3/b18-15-,19-16-,24-22-. The molecule has 0 aromatic carbocycles. The highest BCUT2D eigenvalue weighted by Gasteiger charge is 2.19. The Balaban J connectivity index is 4.30. The van der Waals surface area contributed by atoms with Crippen LogP contribution in [0, 0.1) is 0 Å². The van der Waals surface area contributed by atoms with Crippen molar-refractivity contribution in [1.82, 2.24) is 0 Å². The van der Waals surface area contributed by atoms with Gasteiger partial charge in [-0.05, 0) is 64.2 Å². The number of allylic oxidation sites excluding steroid dienone is 6. The molecule has 0 aromatic rings. The van der Waals surface area contributed by atoms with Crippen LogP contribution in [0.15, 0.2) is 36.5 Å². The second-order valence-electron chi connectivity index (χ2n) is 18.9. The van der Waals surface area contributed by atoms with E-state index in [0.717, 1.165) is 64.2 Å². The maximum Gasteiger partial charge on any atom is 0.306 e. The lowest BCUT2D eigenvalue weighted by molar-refractivity contribution is -0.167. The van der Waals surface area contributed by atoms with E-state index in [9.17, 15) is 14.4 Å². The molecule has 64 heavy (non-hydrogen) atoms. The Morgan fingerprint density at radius 2 is 0.578 bits per heavy atom. The van der Waals surface area contributed by atoms with E-state index in [4.69, 9.17) is 14.2 Å². The van der Waals surface area contributed by atoms with E-state index in [1.807, 2.05) is 0 Å². The van der Waals surface area contributed by atoms with Crippen LogP contribution in [0.4, 0.5) is 0 Å². The minimum atomic E-state index is -0.773. The molecule has 6 nitrogen and oxygen atoms in total. The van der Waals surface area contributed by atoms with Gasteiger partial charge in [-0.15, -0.1) is 0 Å². The first-order chi connectivity index (χ1) is 31.5. The largest absolute Gasteiger partial charge is 0.462 e. The summed E-state index contributed by atoms with van der Waals surface area (Å²) >= 11 is 0. The zero-order valence-electron chi connectivity index (χ0n) is 42.8. The summed E-state index contributed by atoms with van der Waals surface area (Å²) in [7, 11) is 0. The molecule has 0 saturated heterocycles. The molecule has 1 atom stereocenters. The Bertz CT molecular complexity index is 1080. The normalized spacial score (nSPS) is 12.2. The maximum absolute atomic E-state index is 12.8. The van der Waals surface area contributed by atoms with Gasteiger partial charge in [0.1, 0.15) is 13.2 Å². The number of esters is 3. The van der Waals surface area contributed by atoms with Gasteiger partial charge >= 0.3 is 17.9 Å². The molecule has 0 amide bonds. The average molecular weight is 899 g/mol. The van der Waals surface area contributed by atoms with Gasteiger partial charge in [0.2, 0.25) is 0 Å². The molecular formula is C58H106O6. The van der Waals surface area contributed by atoms with Gasteiger partial charge in [-0.2, -0.15) is 0 Å². The van der Waals surface area contributed by atoms with Crippen LogP contribution in [0.5, 0.6) is 0 Å². The minimum Gasteiger partial charge on any atom is -0.462 e. The first kappa shape index (κ1) is 61.6. The molecule has 0 radical (unpaired) electrons. The molecule has 6 heteroatoms. The van der Waals surface area contributed by atoms with Crippen LogP contribution in [0.2, 0.25) is 0 Å². The third-order valence-corrected chi connectivity index (χ3v) is 12.4. The summed E-state index contributed by atoms with van der Waals surface area (Å²) in [6.07, 6.45) is 62.7. The summed E-state index contributed by atoms with van der Waals surface area (Å²) in [6.45, 7) is 6.60. The molecule has 0 N–H and O–H groups in total. The SMILES string of the molecule is CCCC/C=C\CCCCCCCC(=O)OCC(COC(=O)CCCCCCCCCCCC/C=C\C=C/CCCCC)OC(=O)CCCCCCCCCCCCCCCCCC. The lowest BCUT2D eigenvalue weighted by atomic mass is 10.0. The summed E-state index contributed by atoms with van der Waals surface area (Å²) in [6, 6.07) is 0. The van der Waals surface area contributed by atoms with Crippen LogP contribution in [0.1, 0.15) is 297 Å². The summed E-state index contributed by atoms with van der Waals surface area (Å²) in [4.78, 5) is 38.0. The molecule has 0 aliphatic rings. The van der Waals surface area contributed by atoms with Crippen LogP contribution in [0.3, 0.4) is 0 Å². The van der Waals surface area contributed by atoms with Gasteiger partial charge in [0.15, 0.2) is 6.10 Å². The predicted molar refractivity (Wildman–Crippen MR) is 275 cm³/mol. The number of hydrogen-bond acceptors (Lipinski definition) is 6. The van der Waals surface area contributed by atoms with Crippen LogP contribution < -0.4 is 0 Å². The Kier molecular flexibility index (Phi) is 51.3. The molecule has 0 fully saturated rings. The summed E-state index contributed by atoms with van der Waals surface area (Å²) < 4.78 is 16.8. The van der Waals surface area contributed by atoms with E-state index in [0.29, 0.717) is 19.3 Å². The Labute approximate surface area is 397 Å². The first-order valence-corrected chi connectivity index (χ1v) is 28.0. The average Bonchev–Trinajstić information content (AvgIpc) is 3.29. The van der Waals surface area contributed by atoms with E-state index in [1.165, 1.54) is 193 Å². The predicted octanol–water partition coefficient (Wildman–Crippen LogP) is 18.5. The zero-order chi connectivity index (χ0) is 46.5. The van der Waals surface area contributed by atoms with Gasteiger partial charge in [-0.1, -0.05) is 250 Å². The third kappa shape index (κ3) is 50.6. The fourth-order valence-corrected chi connectivity index (χ4v) is 8.12. The van der Waals surface area contributed by atoms with E-state index in [1.54, 1.807) is 0 Å². The molecular weight excluding hydrogens is 793 g/mol. The topological polar surface area (TPSA) is 78.9 Å². The maximum atomic E-state index is 12.8. The van der Waals surface area contributed by atoms with Crippen molar-refractivity contribution in [2.45, 2.75) is 303 Å². The number of carbonyl (C=O) groups is 3. The zero-order valence-corrected chi connectivity index (χ0v) is 42.8. The van der Waals surface area contributed by atoms with Gasteiger partial charge in [0.25, 0.3) is 0 Å². The Hall–Kier alpha value is -2.37. The van der Waals surface area contributed by atoms with Gasteiger partial charge < -0.3 is 14.2 Å². The third-order valence-electron chi connectivity index (χ3n) is 12.4. The monoisotopic (exact) mass is 899 g/mol. The lowest BCUT2D eigenvalue weighted by Gasteiger charge is -2.18. The number of ether oxygens (including phenoxy) is 3. The minimum absolute atomic E-state index is 0.0733. The molecule has 0 aliphatic carbocycles. The van der Waals surface area contributed by atoms with Gasteiger partial charge in [-0.3, -0.25) is 14.4 Å². The molecule has 0 aliphatic heterocycles. The van der Waals surface area contributed by atoms with Crippen LogP contribution >= 0.6 is 0 Å². The summed E-state index contributed by atoms with van der Waals surface area (Å²) in [5.74, 6) is -0.871. The first-order valence-electron chi connectivity index (χ1n) is 28.0. The van der Waals surface area contributed by atoms with Crippen molar-refractivity contribution in [3.05, 3.63) is 36.5 Å². The molecule has 0 heterocycles. The van der Waals surface area contributed by atoms with Crippen molar-refractivity contribution in [2.24, 2.45) is 0 Å². The van der Waals surface area contributed by atoms with Gasteiger partial charge in [0, 0.05) is 19.3 Å². The lowest BCUT2D eigenvalue weighted by Crippen LogP contribution is -2.30. The number of rotatable bonds is 51. The summed E-state index contributed by atoms with van der Waals surface area (Å²) in [5.41, 5.74) is 0. The van der Waals surface area contributed by atoms with E-state index < -0.39 is 6.10 Å². The quantitative estimate of drug-likeness (QED) is 0.0199. The molecule has 0 saturated carbocycles. The van der Waals surface area contributed by atoms with E-state index in [-0.39, 0.29) is 31.1 Å². The number of carbonyl (C=O) groups excluding carboxylic acids is 3. The van der Waals surface area contributed by atoms with E-state index in [2.05, 4.69) is 57.2 Å². The van der Waals surface area contributed by atoms with Crippen molar-refractivity contribution in [3.63, 3.8) is 0 Å². The molecule has 0 spiro atoms. The highest BCUT2D eigenvalue weighted by Crippen LogP contribution is 2.16. The van der Waals surface area contributed by atoms with Crippen molar-refractivity contribution in [1.29, 1.82) is 0 Å². The second-order valence-corrected chi connectivity index (χ2v) is 18.9. The van der Waals surface area contributed by atoms with Gasteiger partial charge in [-0.25, -0.2) is 0 Å². The fourth-order valence-electron chi connectivity index (χ4n) is 8.12.